The van der Waals surface area contributed by atoms with Gasteiger partial charge in [-0.3, -0.25) is 9.59 Å². The van der Waals surface area contributed by atoms with Crippen molar-refractivity contribution in [3.05, 3.63) is 64.5 Å². The monoisotopic (exact) mass is 375 g/mol. The van der Waals surface area contributed by atoms with Crippen LogP contribution in [-0.2, 0) is 11.8 Å². The van der Waals surface area contributed by atoms with E-state index in [0.717, 1.165) is 22.3 Å². The Hall–Kier alpha value is -2.87. The molecule has 5 nitrogen and oxygen atoms in total. The Bertz CT molecular complexity index is 1060. The van der Waals surface area contributed by atoms with Crippen LogP contribution in [-0.4, -0.2) is 16.3 Å². The Morgan fingerprint density at radius 3 is 2.65 bits per heavy atom. The summed E-state index contributed by atoms with van der Waals surface area (Å²) in [5.41, 5.74) is 3.16. The first-order chi connectivity index (χ1) is 12.5. The molecule has 0 bridgehead atoms. The van der Waals surface area contributed by atoms with E-state index in [1.54, 1.807) is 0 Å². The molecule has 0 radical (unpaired) electrons. The highest BCUT2D eigenvalue weighted by Gasteiger charge is 2.14. The van der Waals surface area contributed by atoms with E-state index in [0.29, 0.717) is 10.9 Å². The zero-order valence-corrected chi connectivity index (χ0v) is 14.6. The average molecular weight is 375 g/mol. The summed E-state index contributed by atoms with van der Waals surface area (Å²) in [6.45, 7) is 0. The van der Waals surface area contributed by atoms with Crippen molar-refractivity contribution in [1.29, 1.82) is 0 Å². The van der Waals surface area contributed by atoms with Crippen LogP contribution in [0.25, 0.3) is 10.2 Å². The molecule has 0 aliphatic carbocycles. The molecule has 1 amide bonds. The van der Waals surface area contributed by atoms with Crippen LogP contribution in [0.5, 0.6) is 0 Å². The summed E-state index contributed by atoms with van der Waals surface area (Å²) in [4.78, 5) is 24.5. The highest BCUT2D eigenvalue weighted by Crippen LogP contribution is 2.15. The third kappa shape index (κ3) is 3.85. The van der Waals surface area contributed by atoms with Gasteiger partial charge in [0.05, 0.1) is 15.8 Å². The lowest BCUT2D eigenvalue weighted by Crippen LogP contribution is -2.23. The average Bonchev–Trinajstić information content (AvgIpc) is 2.94. The number of amides is 1. The largest absolute Gasteiger partial charge is 0.318 e. The molecule has 8 heteroatoms. The Balaban J connectivity index is 1.63. The van der Waals surface area contributed by atoms with Crippen molar-refractivity contribution in [3.63, 3.8) is 0 Å². The summed E-state index contributed by atoms with van der Waals surface area (Å²) in [5.74, 6) is -2.72. The molecule has 1 N–H and O–H groups in total. The van der Waals surface area contributed by atoms with Gasteiger partial charge in [-0.05, 0) is 24.3 Å². The molecule has 0 aliphatic heterocycles. The number of halogens is 2. The molecule has 0 saturated carbocycles. The van der Waals surface area contributed by atoms with Crippen molar-refractivity contribution < 1.29 is 18.4 Å². The van der Waals surface area contributed by atoms with Crippen molar-refractivity contribution in [1.82, 2.24) is 9.99 Å². The van der Waals surface area contributed by atoms with Crippen LogP contribution in [0.3, 0.4) is 0 Å². The minimum atomic E-state index is -0.933. The van der Waals surface area contributed by atoms with Crippen LogP contribution in [0, 0.1) is 11.6 Å². The molecule has 2 aromatic carbocycles. The van der Waals surface area contributed by atoms with E-state index in [4.69, 9.17) is 0 Å². The number of aryl methyl sites for hydroxylation is 1. The summed E-state index contributed by atoms with van der Waals surface area (Å²) < 4.78 is 29.3. The molecule has 3 aromatic rings. The van der Waals surface area contributed by atoms with Crippen molar-refractivity contribution in [3.8, 4) is 0 Å². The molecular formula is C18H15F2N3O2S. The number of para-hydroxylation sites is 1. The summed E-state index contributed by atoms with van der Waals surface area (Å²) in [7, 11) is 1.84. The van der Waals surface area contributed by atoms with Gasteiger partial charge >= 0.3 is 0 Å². The number of aromatic nitrogens is 1. The lowest BCUT2D eigenvalue weighted by atomic mass is 10.1. The Morgan fingerprint density at radius 1 is 1.15 bits per heavy atom. The predicted octanol–water partition coefficient (Wildman–Crippen LogP) is 3.11. The van der Waals surface area contributed by atoms with Crippen LogP contribution >= 0.6 is 11.3 Å². The number of hydrogen-bond acceptors (Lipinski definition) is 4. The maximum atomic E-state index is 13.6. The Labute approximate surface area is 151 Å². The number of hydrogen-bond donors (Lipinski definition) is 1. The summed E-state index contributed by atoms with van der Waals surface area (Å²) in [6.07, 6.45) is -0.337. The molecule has 0 saturated heterocycles. The molecule has 0 aliphatic rings. The SMILES string of the molecule is Cn1c(=NNC(=O)CCC(=O)c2ccc(F)cc2F)sc2ccccc21. The zero-order chi connectivity index (χ0) is 18.7. The molecule has 0 atom stereocenters. The van der Waals surface area contributed by atoms with E-state index in [1.165, 1.54) is 11.3 Å². The minimum absolute atomic E-state index is 0.145. The molecule has 0 fully saturated rings. The van der Waals surface area contributed by atoms with Crippen LogP contribution in [0.4, 0.5) is 8.78 Å². The fourth-order valence-electron chi connectivity index (χ4n) is 2.43. The van der Waals surface area contributed by atoms with Crippen molar-refractivity contribution >= 4 is 33.2 Å². The first-order valence-corrected chi connectivity index (χ1v) is 8.63. The van der Waals surface area contributed by atoms with E-state index in [9.17, 15) is 18.4 Å². The second kappa shape index (κ2) is 7.57. The lowest BCUT2D eigenvalue weighted by molar-refractivity contribution is -0.121. The third-order valence-corrected chi connectivity index (χ3v) is 4.91. The predicted molar refractivity (Wildman–Crippen MR) is 94.4 cm³/mol. The number of ketones is 1. The molecular weight excluding hydrogens is 360 g/mol. The Kier molecular flexibility index (Phi) is 5.22. The van der Waals surface area contributed by atoms with Gasteiger partial charge in [0.1, 0.15) is 11.6 Å². The van der Waals surface area contributed by atoms with E-state index in [-0.39, 0.29) is 18.4 Å². The molecule has 134 valence electrons. The van der Waals surface area contributed by atoms with E-state index >= 15 is 0 Å². The number of carbonyl (C=O) groups is 2. The van der Waals surface area contributed by atoms with Gasteiger partial charge in [0.25, 0.3) is 0 Å². The number of fused-ring (bicyclic) bond motifs is 1. The fraction of sp³-hybridized carbons (Fsp3) is 0.167. The van der Waals surface area contributed by atoms with Crippen LogP contribution in [0.15, 0.2) is 47.6 Å². The van der Waals surface area contributed by atoms with Crippen LogP contribution in [0.1, 0.15) is 23.2 Å². The second-order valence-electron chi connectivity index (χ2n) is 5.61. The fourth-order valence-corrected chi connectivity index (χ4v) is 3.41. The standard InChI is InChI=1S/C18H15F2N3O2S/c1-23-14-4-2-3-5-16(14)26-18(23)22-21-17(25)9-8-15(24)12-7-6-11(19)10-13(12)20/h2-7,10H,8-9H2,1H3,(H,21,25). The number of rotatable bonds is 5. The second-order valence-corrected chi connectivity index (χ2v) is 6.61. The van der Waals surface area contributed by atoms with Crippen molar-refractivity contribution in [2.75, 3.05) is 0 Å². The van der Waals surface area contributed by atoms with Crippen LogP contribution in [0.2, 0.25) is 0 Å². The van der Waals surface area contributed by atoms with Gasteiger partial charge in [0.2, 0.25) is 10.7 Å². The summed E-state index contributed by atoms with van der Waals surface area (Å²) in [6, 6.07) is 10.5. The van der Waals surface area contributed by atoms with Gasteiger partial charge in [0.15, 0.2) is 5.78 Å². The number of thiazole rings is 1. The van der Waals surface area contributed by atoms with Gasteiger partial charge in [-0.15, -0.1) is 5.10 Å². The molecule has 0 unspecified atom stereocenters. The Morgan fingerprint density at radius 2 is 1.92 bits per heavy atom. The normalized spacial score (nSPS) is 11.7. The molecule has 26 heavy (non-hydrogen) atoms. The molecule has 1 heterocycles. The minimum Gasteiger partial charge on any atom is -0.318 e. The topological polar surface area (TPSA) is 63.5 Å². The smallest absolute Gasteiger partial charge is 0.240 e. The molecule has 1 aromatic heterocycles. The number of benzene rings is 2. The van der Waals surface area contributed by atoms with Gasteiger partial charge in [-0.1, -0.05) is 23.5 Å². The number of carbonyl (C=O) groups excluding carboxylic acids is 2. The number of Topliss-reactive ketones (excluding diaryl/α,β-unsaturated/α-hetero) is 1. The van der Waals surface area contributed by atoms with Crippen LogP contribution < -0.4 is 10.2 Å². The maximum Gasteiger partial charge on any atom is 0.240 e. The maximum absolute atomic E-state index is 13.6. The van der Waals surface area contributed by atoms with E-state index in [1.807, 2.05) is 35.9 Å². The van der Waals surface area contributed by atoms with Gasteiger partial charge in [-0.25, -0.2) is 14.2 Å². The summed E-state index contributed by atoms with van der Waals surface area (Å²) in [5, 5.41) is 4.07. The lowest BCUT2D eigenvalue weighted by Gasteiger charge is -2.02. The first-order valence-electron chi connectivity index (χ1n) is 7.81. The van der Waals surface area contributed by atoms with Gasteiger partial charge < -0.3 is 4.57 Å². The third-order valence-electron chi connectivity index (χ3n) is 3.80. The zero-order valence-electron chi connectivity index (χ0n) is 13.8. The highest BCUT2D eigenvalue weighted by atomic mass is 32.1. The van der Waals surface area contributed by atoms with E-state index < -0.39 is 23.3 Å². The van der Waals surface area contributed by atoms with Gasteiger partial charge in [-0.2, -0.15) is 0 Å². The highest BCUT2D eigenvalue weighted by molar-refractivity contribution is 7.16. The first kappa shape index (κ1) is 17.9. The number of nitrogens with one attached hydrogen (secondary N) is 1. The number of nitrogens with zero attached hydrogens (tertiary/aromatic N) is 2. The van der Waals surface area contributed by atoms with Gasteiger partial charge in [0, 0.05) is 26.0 Å². The molecule has 0 spiro atoms. The molecule has 3 rings (SSSR count). The van der Waals surface area contributed by atoms with Crippen molar-refractivity contribution in [2.45, 2.75) is 12.8 Å². The van der Waals surface area contributed by atoms with Crippen molar-refractivity contribution in [2.24, 2.45) is 12.1 Å². The quantitative estimate of drug-likeness (QED) is 0.550. The summed E-state index contributed by atoms with van der Waals surface area (Å²) >= 11 is 1.42. The van der Waals surface area contributed by atoms with E-state index in [2.05, 4.69) is 10.5 Å².